The third-order valence-corrected chi connectivity index (χ3v) is 2.95. The molecule has 1 aromatic heterocycles. The molecule has 4 nitrogen and oxygen atoms in total. The third-order valence-electron chi connectivity index (χ3n) is 2.95. The monoisotopic (exact) mass is 253 g/mol. The van der Waals surface area contributed by atoms with Crippen LogP contribution >= 0.6 is 0 Å². The van der Waals surface area contributed by atoms with Crippen LogP contribution in [0.2, 0.25) is 0 Å². The van der Waals surface area contributed by atoms with E-state index < -0.39 is 0 Å². The van der Waals surface area contributed by atoms with Gasteiger partial charge in [-0.1, -0.05) is 20.3 Å². The number of nitrogens with zero attached hydrogens (tertiary/aromatic N) is 2. The zero-order valence-corrected chi connectivity index (χ0v) is 11.1. The van der Waals surface area contributed by atoms with E-state index in [4.69, 9.17) is 0 Å². The van der Waals surface area contributed by atoms with E-state index in [1.165, 1.54) is 6.20 Å². The van der Waals surface area contributed by atoms with Crippen molar-refractivity contribution in [1.82, 2.24) is 15.1 Å². The minimum Gasteiger partial charge on any atom is -0.355 e. The smallest absolute Gasteiger partial charge is 0.254 e. The van der Waals surface area contributed by atoms with Crippen LogP contribution in [0.25, 0.3) is 0 Å². The van der Waals surface area contributed by atoms with Gasteiger partial charge in [0.25, 0.3) is 5.91 Å². The minimum atomic E-state index is -0.186. The Kier molecular flexibility index (Phi) is 5.55. The number of rotatable bonds is 6. The minimum absolute atomic E-state index is 0.186. The van der Waals surface area contributed by atoms with E-state index in [-0.39, 0.29) is 5.91 Å². The van der Waals surface area contributed by atoms with Gasteiger partial charge >= 0.3 is 0 Å². The van der Waals surface area contributed by atoms with Crippen molar-refractivity contribution >= 4 is 5.91 Å². The van der Waals surface area contributed by atoms with Crippen molar-refractivity contribution in [1.29, 1.82) is 0 Å². The van der Waals surface area contributed by atoms with Crippen LogP contribution in [0, 0.1) is 5.92 Å². The van der Waals surface area contributed by atoms with Crippen LogP contribution in [0.3, 0.4) is 0 Å². The molecule has 0 aliphatic carbocycles. The predicted octanol–water partition coefficient (Wildman–Crippen LogP) is 2.53. The fraction of sp³-hybridized carbons (Fsp3) is 0.538. The summed E-state index contributed by atoms with van der Waals surface area (Å²) in [6.07, 6.45) is 5.48. The molecule has 0 aliphatic rings. The Bertz CT molecular complexity index is 426. The lowest BCUT2D eigenvalue weighted by Gasteiger charge is -2.11. The molecule has 18 heavy (non-hydrogen) atoms. The van der Waals surface area contributed by atoms with Crippen LogP contribution in [0.1, 0.15) is 37.0 Å². The van der Waals surface area contributed by atoms with Crippen LogP contribution < -0.4 is 5.32 Å². The fourth-order valence-electron chi connectivity index (χ4n) is 1.66. The molecule has 0 aliphatic heterocycles. The first-order valence-electron chi connectivity index (χ1n) is 6.13. The average molecular weight is 253 g/mol. The summed E-state index contributed by atoms with van der Waals surface area (Å²) in [6, 6.07) is 0. The summed E-state index contributed by atoms with van der Waals surface area (Å²) in [5.41, 5.74) is 1.18. The van der Waals surface area contributed by atoms with Crippen molar-refractivity contribution in [2.45, 2.75) is 33.2 Å². The second-order valence-corrected chi connectivity index (χ2v) is 4.49. The molecular weight excluding hydrogens is 233 g/mol. The summed E-state index contributed by atoms with van der Waals surface area (Å²) in [5, 5.41) is 6.58. The zero-order chi connectivity index (χ0) is 13.5. The number of nitrogens with one attached hydrogen (secondary N) is 1. The van der Waals surface area contributed by atoms with E-state index in [0.29, 0.717) is 36.3 Å². The van der Waals surface area contributed by atoms with Gasteiger partial charge in [0.1, 0.15) is 0 Å². The van der Waals surface area contributed by atoms with E-state index in [9.17, 15) is 9.18 Å². The Balaban J connectivity index is 2.66. The molecule has 100 valence electrons. The van der Waals surface area contributed by atoms with E-state index in [1.54, 1.807) is 17.9 Å². The Morgan fingerprint density at radius 3 is 2.94 bits per heavy atom. The maximum atomic E-state index is 12.8. The summed E-state index contributed by atoms with van der Waals surface area (Å²) in [4.78, 5) is 11.4. The fourth-order valence-corrected chi connectivity index (χ4v) is 1.66. The second-order valence-electron chi connectivity index (χ2n) is 4.49. The van der Waals surface area contributed by atoms with Crippen LogP contribution in [0.4, 0.5) is 4.39 Å². The quantitative estimate of drug-likeness (QED) is 0.846. The molecule has 1 heterocycles. The van der Waals surface area contributed by atoms with Gasteiger partial charge < -0.3 is 5.32 Å². The highest BCUT2D eigenvalue weighted by molar-refractivity contribution is 5.93. The summed E-state index contributed by atoms with van der Waals surface area (Å²) in [7, 11) is 1.56. The molecule has 0 bridgehead atoms. The standard InChI is InChI=1S/C13H20FN3O/c1-4-10(2)5-11(6-14)8-17-9-12(7-16-17)13(18)15-3/h6-7,9-10H,4-5,8H2,1-3H3,(H,15,18)/b11-6+. The summed E-state index contributed by atoms with van der Waals surface area (Å²) in [6.45, 7) is 4.55. The van der Waals surface area contributed by atoms with Crippen LogP contribution in [0.15, 0.2) is 24.3 Å². The van der Waals surface area contributed by atoms with Gasteiger partial charge in [0.05, 0.1) is 24.6 Å². The Morgan fingerprint density at radius 1 is 1.67 bits per heavy atom. The molecule has 0 radical (unpaired) electrons. The molecule has 0 aromatic carbocycles. The molecule has 0 saturated heterocycles. The second kappa shape index (κ2) is 6.93. The lowest BCUT2D eigenvalue weighted by Crippen LogP contribution is -2.17. The van der Waals surface area contributed by atoms with Crippen molar-refractivity contribution < 1.29 is 9.18 Å². The van der Waals surface area contributed by atoms with Gasteiger partial charge in [-0.15, -0.1) is 0 Å². The molecule has 1 unspecified atom stereocenters. The lowest BCUT2D eigenvalue weighted by molar-refractivity contribution is 0.0963. The van der Waals surface area contributed by atoms with E-state index >= 15 is 0 Å². The number of carbonyl (C=O) groups excluding carboxylic acids is 1. The van der Waals surface area contributed by atoms with Crippen molar-refractivity contribution in [3.63, 3.8) is 0 Å². The highest BCUT2D eigenvalue weighted by atomic mass is 19.1. The molecule has 1 rings (SSSR count). The molecule has 1 atom stereocenters. The van der Waals surface area contributed by atoms with E-state index in [2.05, 4.69) is 24.3 Å². The number of allylic oxidation sites excluding steroid dienone is 1. The van der Waals surface area contributed by atoms with Gasteiger partial charge in [0, 0.05) is 13.2 Å². The highest BCUT2D eigenvalue weighted by Crippen LogP contribution is 2.16. The van der Waals surface area contributed by atoms with Gasteiger partial charge in [-0.3, -0.25) is 9.48 Å². The summed E-state index contributed by atoms with van der Waals surface area (Å²) in [5.74, 6) is 0.259. The SMILES string of the molecule is CCC(C)C/C(=C\F)Cn1cc(C(=O)NC)cn1. The molecule has 1 aromatic rings. The Hall–Kier alpha value is -1.65. The first-order chi connectivity index (χ1) is 8.60. The van der Waals surface area contributed by atoms with Crippen molar-refractivity contribution in [3.05, 3.63) is 29.9 Å². The number of hydrogen-bond donors (Lipinski definition) is 1. The van der Waals surface area contributed by atoms with Crippen LogP contribution in [-0.4, -0.2) is 22.7 Å². The van der Waals surface area contributed by atoms with E-state index in [1.807, 2.05) is 0 Å². The first kappa shape index (κ1) is 14.4. The molecule has 0 fully saturated rings. The zero-order valence-electron chi connectivity index (χ0n) is 11.1. The number of amides is 1. The molecule has 1 amide bonds. The van der Waals surface area contributed by atoms with Crippen molar-refractivity contribution in [2.24, 2.45) is 5.92 Å². The van der Waals surface area contributed by atoms with Crippen LogP contribution in [0.5, 0.6) is 0 Å². The topological polar surface area (TPSA) is 46.9 Å². The summed E-state index contributed by atoms with van der Waals surface area (Å²) < 4.78 is 14.4. The van der Waals surface area contributed by atoms with Crippen molar-refractivity contribution in [3.8, 4) is 0 Å². The molecule has 5 heteroatoms. The molecular formula is C13H20FN3O. The largest absolute Gasteiger partial charge is 0.355 e. The van der Waals surface area contributed by atoms with Crippen molar-refractivity contribution in [2.75, 3.05) is 7.05 Å². The third kappa shape index (κ3) is 3.98. The highest BCUT2D eigenvalue weighted by Gasteiger charge is 2.09. The predicted molar refractivity (Wildman–Crippen MR) is 68.9 cm³/mol. The van der Waals surface area contributed by atoms with E-state index in [0.717, 1.165) is 6.42 Å². The lowest BCUT2D eigenvalue weighted by atomic mass is 10.00. The average Bonchev–Trinajstić information content (AvgIpc) is 2.85. The van der Waals surface area contributed by atoms with Gasteiger partial charge in [-0.25, -0.2) is 4.39 Å². The van der Waals surface area contributed by atoms with Gasteiger partial charge in [-0.05, 0) is 17.9 Å². The van der Waals surface area contributed by atoms with Gasteiger partial charge in [0.2, 0.25) is 0 Å². The Morgan fingerprint density at radius 2 is 2.39 bits per heavy atom. The first-order valence-corrected chi connectivity index (χ1v) is 6.13. The maximum absolute atomic E-state index is 12.8. The summed E-state index contributed by atoms with van der Waals surface area (Å²) >= 11 is 0. The molecule has 0 saturated carbocycles. The number of halogens is 1. The van der Waals surface area contributed by atoms with Crippen LogP contribution in [-0.2, 0) is 6.54 Å². The van der Waals surface area contributed by atoms with Gasteiger partial charge in [-0.2, -0.15) is 5.10 Å². The number of hydrogen-bond acceptors (Lipinski definition) is 2. The normalized spacial score (nSPS) is 13.4. The molecule has 1 N–H and O–H groups in total. The Labute approximate surface area is 107 Å². The number of aromatic nitrogens is 2. The molecule has 0 spiro atoms. The number of carbonyl (C=O) groups is 1. The maximum Gasteiger partial charge on any atom is 0.254 e. The van der Waals surface area contributed by atoms with Gasteiger partial charge in [0.15, 0.2) is 0 Å².